The minimum absolute atomic E-state index is 0.0445. The van der Waals surface area contributed by atoms with Crippen LogP contribution in [0.1, 0.15) is 37.0 Å². The molecule has 0 saturated heterocycles. The smallest absolute Gasteiger partial charge is 0.356 e. The summed E-state index contributed by atoms with van der Waals surface area (Å²) in [6, 6.07) is 6.66. The molecule has 5 heteroatoms. The second-order valence-corrected chi connectivity index (χ2v) is 4.27. The quantitative estimate of drug-likeness (QED) is 0.879. The normalized spacial score (nSPS) is 11.6. The van der Waals surface area contributed by atoms with Gasteiger partial charge in [-0.3, -0.25) is 4.98 Å². The van der Waals surface area contributed by atoms with E-state index in [9.17, 15) is 4.79 Å². The summed E-state index contributed by atoms with van der Waals surface area (Å²) < 4.78 is 18.6. The van der Waals surface area contributed by atoms with Crippen LogP contribution in [0.2, 0.25) is 0 Å². The summed E-state index contributed by atoms with van der Waals surface area (Å²) in [6.07, 6.45) is 3.16. The molecule has 0 fully saturated rings. The maximum atomic E-state index is 11.1. The molecule has 2 rings (SSSR count). The predicted octanol–water partition coefficient (Wildman–Crippen LogP) is 2.45. The van der Waals surface area contributed by atoms with Crippen molar-refractivity contribution in [2.45, 2.75) is 27.3 Å². The van der Waals surface area contributed by atoms with Crippen molar-refractivity contribution in [2.24, 2.45) is 0 Å². The van der Waals surface area contributed by atoms with E-state index in [-0.39, 0.29) is 11.7 Å². The molecule has 0 aliphatic heterocycles. The van der Waals surface area contributed by atoms with Crippen molar-refractivity contribution in [1.82, 2.24) is 9.97 Å². The Morgan fingerprint density at radius 2 is 1.81 bits per heavy atom. The Bertz CT molecular complexity index is 623. The zero-order chi connectivity index (χ0) is 17.5. The number of aryl methyl sites for hydroxylation is 2. The van der Waals surface area contributed by atoms with Crippen molar-refractivity contribution >= 4 is 5.97 Å². The average Bonchev–Trinajstić information content (AvgIpc) is 2.48. The van der Waals surface area contributed by atoms with Gasteiger partial charge in [0.15, 0.2) is 0 Å². The van der Waals surface area contributed by atoms with Crippen LogP contribution in [-0.2, 0) is 11.3 Å². The molecule has 0 aromatic carbocycles. The summed E-state index contributed by atoms with van der Waals surface area (Å²) in [6.45, 7) is 3.60. The molecule has 21 heavy (non-hydrogen) atoms. The van der Waals surface area contributed by atoms with E-state index in [1.165, 1.54) is 12.3 Å². The average molecular weight is 290 g/mol. The zero-order valence-corrected chi connectivity index (χ0v) is 12.3. The van der Waals surface area contributed by atoms with E-state index in [1.54, 1.807) is 25.3 Å². The van der Waals surface area contributed by atoms with E-state index in [4.69, 9.17) is 12.6 Å². The molecule has 1 N–H and O–H groups in total. The summed E-state index contributed by atoms with van der Waals surface area (Å²) in [4.78, 5) is 18.7. The minimum Gasteiger partial charge on any atom is -0.461 e. The fourth-order valence-electron chi connectivity index (χ4n) is 1.33. The van der Waals surface area contributed by atoms with Gasteiger partial charge in [0.05, 0.1) is 21.6 Å². The third kappa shape index (κ3) is 6.14. The standard InChI is InChI=1S/C9H11NO2.C7H9NO/c1-3-12-9(11)8-5-4-7(2)6-10-8;1-6-2-3-7(5-9)8-4-6/h4-6H,3H2,1-2H3;2-4,9H,5H2,1H3/i;5D2. The van der Waals surface area contributed by atoms with Gasteiger partial charge in [-0.1, -0.05) is 12.1 Å². The monoisotopic (exact) mass is 290 g/mol. The molecule has 0 saturated carbocycles. The Labute approximate surface area is 127 Å². The third-order valence-corrected chi connectivity index (χ3v) is 2.42. The first-order valence-electron chi connectivity index (χ1n) is 7.49. The van der Waals surface area contributed by atoms with Crippen molar-refractivity contribution in [2.75, 3.05) is 6.61 Å². The van der Waals surface area contributed by atoms with Gasteiger partial charge in [-0.25, -0.2) is 9.78 Å². The van der Waals surface area contributed by atoms with Crippen LogP contribution in [0.15, 0.2) is 36.7 Å². The number of pyridine rings is 2. The molecule has 2 aromatic heterocycles. The highest BCUT2D eigenvalue weighted by Gasteiger charge is 2.05. The highest BCUT2D eigenvalue weighted by Crippen LogP contribution is 2.00. The van der Waals surface area contributed by atoms with E-state index in [2.05, 4.69) is 9.97 Å². The highest BCUT2D eigenvalue weighted by molar-refractivity contribution is 5.87. The topological polar surface area (TPSA) is 72.3 Å². The largest absolute Gasteiger partial charge is 0.461 e. The van der Waals surface area contributed by atoms with E-state index in [0.717, 1.165) is 11.1 Å². The van der Waals surface area contributed by atoms with Crippen LogP contribution in [0.3, 0.4) is 0 Å². The number of aliphatic hydroxyl groups is 1. The first kappa shape index (κ1) is 13.7. The Morgan fingerprint density at radius 1 is 1.19 bits per heavy atom. The number of hydrogen-bond donors (Lipinski definition) is 1. The molecular weight excluding hydrogens is 268 g/mol. The van der Waals surface area contributed by atoms with Crippen molar-refractivity contribution in [3.8, 4) is 0 Å². The number of ether oxygens (including phenoxy) is 1. The van der Waals surface area contributed by atoms with Gasteiger partial charge in [-0.2, -0.15) is 0 Å². The van der Waals surface area contributed by atoms with Crippen molar-refractivity contribution in [3.05, 3.63) is 59.2 Å². The van der Waals surface area contributed by atoms with E-state index >= 15 is 0 Å². The molecule has 112 valence electrons. The van der Waals surface area contributed by atoms with E-state index in [1.807, 2.05) is 19.9 Å². The van der Waals surface area contributed by atoms with Gasteiger partial charge in [0.25, 0.3) is 0 Å². The fraction of sp³-hybridized carbons (Fsp3) is 0.312. The van der Waals surface area contributed by atoms with Gasteiger partial charge in [0.2, 0.25) is 0 Å². The van der Waals surface area contributed by atoms with Gasteiger partial charge >= 0.3 is 5.97 Å². The Morgan fingerprint density at radius 3 is 2.24 bits per heavy atom. The molecule has 0 atom stereocenters. The number of carbonyl (C=O) groups excluding carboxylic acids is 1. The number of nitrogens with zero attached hydrogens (tertiary/aromatic N) is 2. The number of hydrogen-bond acceptors (Lipinski definition) is 5. The van der Waals surface area contributed by atoms with Crippen LogP contribution < -0.4 is 0 Å². The molecule has 0 spiro atoms. The lowest BCUT2D eigenvalue weighted by Gasteiger charge is -1.99. The van der Waals surface area contributed by atoms with Gasteiger partial charge < -0.3 is 9.84 Å². The number of rotatable bonds is 3. The van der Waals surface area contributed by atoms with Crippen LogP contribution in [0.25, 0.3) is 0 Å². The molecule has 2 aromatic rings. The first-order valence-corrected chi connectivity index (χ1v) is 6.49. The predicted molar refractivity (Wildman–Crippen MR) is 79.8 cm³/mol. The van der Waals surface area contributed by atoms with Crippen LogP contribution in [0.4, 0.5) is 0 Å². The molecule has 0 aliphatic carbocycles. The van der Waals surface area contributed by atoms with Gasteiger partial charge in [-0.05, 0) is 44.0 Å². The van der Waals surface area contributed by atoms with Crippen molar-refractivity contribution in [1.29, 1.82) is 0 Å². The summed E-state index contributed by atoms with van der Waals surface area (Å²) in [5, 5.41) is 8.85. The maximum absolute atomic E-state index is 11.1. The third-order valence-electron chi connectivity index (χ3n) is 2.42. The van der Waals surface area contributed by atoms with Gasteiger partial charge in [-0.15, -0.1) is 0 Å². The summed E-state index contributed by atoms with van der Waals surface area (Å²) >= 11 is 0. The Balaban J connectivity index is 0.000000231. The highest BCUT2D eigenvalue weighted by atomic mass is 16.5. The number of aromatic nitrogens is 2. The van der Waals surface area contributed by atoms with Gasteiger partial charge in [0.1, 0.15) is 5.69 Å². The number of esters is 1. The fourth-order valence-corrected chi connectivity index (χ4v) is 1.33. The maximum Gasteiger partial charge on any atom is 0.356 e. The zero-order valence-electron chi connectivity index (χ0n) is 14.3. The molecule has 0 unspecified atom stereocenters. The second kappa shape index (κ2) is 8.81. The lowest BCUT2D eigenvalue weighted by atomic mass is 10.3. The summed E-state index contributed by atoms with van der Waals surface area (Å²) in [5.41, 5.74) is 2.38. The van der Waals surface area contributed by atoms with Crippen LogP contribution in [-0.4, -0.2) is 27.7 Å². The molecule has 0 aliphatic rings. The Hall–Kier alpha value is -2.27. The lowest BCUT2D eigenvalue weighted by Crippen LogP contribution is -2.06. The molecule has 0 radical (unpaired) electrons. The van der Waals surface area contributed by atoms with Crippen LogP contribution >= 0.6 is 0 Å². The lowest BCUT2D eigenvalue weighted by molar-refractivity contribution is 0.0519. The molecule has 0 amide bonds. The first-order chi connectivity index (χ1) is 10.7. The minimum atomic E-state index is -2.33. The molecule has 2 heterocycles. The van der Waals surface area contributed by atoms with Crippen molar-refractivity contribution in [3.63, 3.8) is 0 Å². The molecular formula is C16H20N2O3. The van der Waals surface area contributed by atoms with E-state index < -0.39 is 6.56 Å². The molecule has 0 bridgehead atoms. The summed E-state index contributed by atoms with van der Waals surface area (Å²) in [5.74, 6) is -0.363. The SMILES string of the molecule is CCOC(=O)c1ccc(C)cn1.[2H]C([2H])(O)c1ccc(C)cn1. The number of carbonyl (C=O) groups is 1. The molecule has 5 nitrogen and oxygen atoms in total. The Kier molecular flexibility index (Phi) is 5.75. The van der Waals surface area contributed by atoms with Crippen LogP contribution in [0, 0.1) is 13.8 Å². The van der Waals surface area contributed by atoms with E-state index in [0.29, 0.717) is 12.3 Å². The van der Waals surface area contributed by atoms with Crippen molar-refractivity contribution < 1.29 is 17.4 Å². The second-order valence-electron chi connectivity index (χ2n) is 4.27. The van der Waals surface area contributed by atoms with Crippen LogP contribution in [0.5, 0.6) is 0 Å². The van der Waals surface area contributed by atoms with Gasteiger partial charge in [0, 0.05) is 12.4 Å². The summed E-state index contributed by atoms with van der Waals surface area (Å²) in [7, 11) is 0.